The number of aromatic nitrogens is 1. The molecule has 0 amide bonds. The molecule has 0 radical (unpaired) electrons. The molecule has 0 saturated carbocycles. The van der Waals surface area contributed by atoms with Crippen molar-refractivity contribution in [2.75, 3.05) is 20.1 Å². The number of hydrogen-bond donors (Lipinski definition) is 0. The second-order valence-corrected chi connectivity index (χ2v) is 4.90. The monoisotopic (exact) mass is 304 g/mol. The fourth-order valence-corrected chi connectivity index (χ4v) is 2.11. The van der Waals surface area contributed by atoms with Crippen molar-refractivity contribution in [3.8, 4) is 5.75 Å². The predicted molar refractivity (Wildman–Crippen MR) is 76.5 cm³/mol. The van der Waals surface area contributed by atoms with Gasteiger partial charge in [-0.1, -0.05) is 13.8 Å². The van der Waals surface area contributed by atoms with Crippen LogP contribution in [0.25, 0.3) is 0 Å². The summed E-state index contributed by atoms with van der Waals surface area (Å²) in [6.45, 7) is 7.43. The molecule has 0 spiro atoms. The van der Waals surface area contributed by atoms with E-state index in [0.717, 1.165) is 32.0 Å². The summed E-state index contributed by atoms with van der Waals surface area (Å²) in [5.41, 5.74) is -0.588. The molecule has 2 rings (SSSR count). The van der Waals surface area contributed by atoms with Crippen LogP contribution in [-0.4, -0.2) is 36.1 Å². The zero-order valence-corrected chi connectivity index (χ0v) is 13.0. The van der Waals surface area contributed by atoms with Gasteiger partial charge in [0.2, 0.25) is 0 Å². The standard InChI is InChI=1S/C13H17F3N2O.C2H6/c1-9-11(3-4-12(17-9)13(14,15)16)19-10-5-7-18(2)8-6-10;1-2/h3-4,10H,5-8H2,1-2H3;1-2H3. The number of ether oxygens (including phenoxy) is 1. The van der Waals surface area contributed by atoms with Gasteiger partial charge in [-0.25, -0.2) is 4.98 Å². The number of nitrogens with zero attached hydrogens (tertiary/aromatic N) is 2. The molecule has 0 unspecified atom stereocenters. The average Bonchev–Trinajstić information content (AvgIpc) is 2.44. The highest BCUT2D eigenvalue weighted by Gasteiger charge is 2.33. The van der Waals surface area contributed by atoms with E-state index in [1.807, 2.05) is 20.9 Å². The molecule has 1 fully saturated rings. The molecule has 120 valence electrons. The Balaban J connectivity index is 0.00000106. The van der Waals surface area contributed by atoms with E-state index in [4.69, 9.17) is 4.74 Å². The zero-order valence-electron chi connectivity index (χ0n) is 13.0. The molecule has 1 aromatic rings. The van der Waals surface area contributed by atoms with E-state index >= 15 is 0 Å². The van der Waals surface area contributed by atoms with Gasteiger partial charge in [-0.3, -0.25) is 0 Å². The molecule has 2 heterocycles. The van der Waals surface area contributed by atoms with E-state index in [-0.39, 0.29) is 11.8 Å². The van der Waals surface area contributed by atoms with Crippen molar-refractivity contribution in [1.82, 2.24) is 9.88 Å². The molecule has 1 aliphatic heterocycles. The highest BCUT2D eigenvalue weighted by atomic mass is 19.4. The quantitative estimate of drug-likeness (QED) is 0.828. The number of hydrogen-bond acceptors (Lipinski definition) is 3. The van der Waals surface area contributed by atoms with Crippen LogP contribution in [0.2, 0.25) is 0 Å². The Morgan fingerprint density at radius 3 is 2.24 bits per heavy atom. The minimum atomic E-state index is -4.41. The summed E-state index contributed by atoms with van der Waals surface area (Å²) in [6, 6.07) is 2.33. The Kier molecular flexibility index (Phi) is 6.45. The van der Waals surface area contributed by atoms with Crippen LogP contribution >= 0.6 is 0 Å². The molecule has 1 saturated heterocycles. The van der Waals surface area contributed by atoms with Crippen molar-refractivity contribution in [1.29, 1.82) is 0 Å². The maximum atomic E-state index is 12.5. The van der Waals surface area contributed by atoms with Crippen molar-refractivity contribution in [2.45, 2.75) is 45.9 Å². The Morgan fingerprint density at radius 2 is 1.76 bits per heavy atom. The van der Waals surface area contributed by atoms with Crippen LogP contribution in [-0.2, 0) is 6.18 Å². The van der Waals surface area contributed by atoms with Crippen molar-refractivity contribution < 1.29 is 17.9 Å². The number of aryl methyl sites for hydroxylation is 1. The van der Waals surface area contributed by atoms with Gasteiger partial charge in [-0.05, 0) is 38.9 Å². The molecule has 0 aromatic carbocycles. The highest BCUT2D eigenvalue weighted by molar-refractivity contribution is 5.29. The first-order chi connectivity index (χ1) is 9.86. The van der Waals surface area contributed by atoms with Crippen molar-refractivity contribution in [2.24, 2.45) is 0 Å². The van der Waals surface area contributed by atoms with E-state index in [0.29, 0.717) is 5.75 Å². The second kappa shape index (κ2) is 7.64. The third kappa shape index (κ3) is 5.19. The van der Waals surface area contributed by atoms with Gasteiger partial charge < -0.3 is 9.64 Å². The van der Waals surface area contributed by atoms with E-state index < -0.39 is 11.9 Å². The lowest BCUT2D eigenvalue weighted by molar-refractivity contribution is -0.141. The zero-order chi connectivity index (χ0) is 16.0. The summed E-state index contributed by atoms with van der Waals surface area (Å²) in [5.74, 6) is 0.447. The van der Waals surface area contributed by atoms with E-state index in [9.17, 15) is 13.2 Å². The number of pyridine rings is 1. The summed E-state index contributed by atoms with van der Waals surface area (Å²) in [7, 11) is 2.04. The first kappa shape index (κ1) is 17.8. The SMILES string of the molecule is CC.Cc1nc(C(F)(F)F)ccc1OC1CCN(C)CC1. The average molecular weight is 304 g/mol. The number of piperidine rings is 1. The van der Waals surface area contributed by atoms with Gasteiger partial charge >= 0.3 is 6.18 Å². The topological polar surface area (TPSA) is 25.4 Å². The van der Waals surface area contributed by atoms with E-state index in [1.165, 1.54) is 6.07 Å². The molecule has 0 atom stereocenters. The summed E-state index contributed by atoms with van der Waals surface area (Å²) >= 11 is 0. The number of likely N-dealkylation sites (tertiary alicyclic amines) is 1. The van der Waals surface area contributed by atoms with Crippen molar-refractivity contribution in [3.05, 3.63) is 23.5 Å². The smallest absolute Gasteiger partial charge is 0.433 e. The number of alkyl halides is 3. The maximum absolute atomic E-state index is 12.5. The molecule has 0 N–H and O–H groups in total. The summed E-state index contributed by atoms with van der Waals surface area (Å²) in [4.78, 5) is 5.77. The number of halogens is 3. The van der Waals surface area contributed by atoms with Crippen molar-refractivity contribution in [3.63, 3.8) is 0 Å². The predicted octanol–water partition coefficient (Wildman–Crippen LogP) is 3.91. The van der Waals surface area contributed by atoms with Gasteiger partial charge in [0, 0.05) is 13.1 Å². The molecule has 0 bridgehead atoms. The van der Waals surface area contributed by atoms with Crippen molar-refractivity contribution >= 4 is 0 Å². The van der Waals surface area contributed by atoms with Gasteiger partial charge in [0.1, 0.15) is 17.5 Å². The van der Waals surface area contributed by atoms with Gasteiger partial charge in [-0.15, -0.1) is 0 Å². The minimum Gasteiger partial charge on any atom is -0.488 e. The van der Waals surface area contributed by atoms with Crippen LogP contribution in [0, 0.1) is 6.92 Å². The molecular weight excluding hydrogens is 281 g/mol. The Bertz CT molecular complexity index is 441. The van der Waals surface area contributed by atoms with Gasteiger partial charge in [-0.2, -0.15) is 13.2 Å². The fourth-order valence-electron chi connectivity index (χ4n) is 2.11. The summed E-state index contributed by atoms with van der Waals surface area (Å²) in [5, 5.41) is 0. The molecule has 6 heteroatoms. The second-order valence-electron chi connectivity index (χ2n) is 4.90. The maximum Gasteiger partial charge on any atom is 0.433 e. The largest absolute Gasteiger partial charge is 0.488 e. The summed E-state index contributed by atoms with van der Waals surface area (Å²) < 4.78 is 43.2. The summed E-state index contributed by atoms with van der Waals surface area (Å²) in [6.07, 6.45) is -2.57. The Hall–Kier alpha value is -1.30. The van der Waals surface area contributed by atoms with Crippen LogP contribution in [0.15, 0.2) is 12.1 Å². The first-order valence-corrected chi connectivity index (χ1v) is 7.26. The molecule has 3 nitrogen and oxygen atoms in total. The Morgan fingerprint density at radius 1 is 1.19 bits per heavy atom. The highest BCUT2D eigenvalue weighted by Crippen LogP contribution is 2.30. The van der Waals surface area contributed by atoms with Crippen LogP contribution in [0.5, 0.6) is 5.75 Å². The van der Waals surface area contributed by atoms with Crippen LogP contribution < -0.4 is 4.74 Å². The lowest BCUT2D eigenvalue weighted by atomic mass is 10.1. The van der Waals surface area contributed by atoms with E-state index in [2.05, 4.69) is 9.88 Å². The molecular formula is C15H23F3N2O. The Labute approximate surface area is 124 Å². The van der Waals surface area contributed by atoms with Gasteiger partial charge in [0.05, 0.1) is 5.69 Å². The van der Waals surface area contributed by atoms with Crippen LogP contribution in [0.4, 0.5) is 13.2 Å². The van der Waals surface area contributed by atoms with Gasteiger partial charge in [0.15, 0.2) is 0 Å². The first-order valence-electron chi connectivity index (χ1n) is 7.26. The third-order valence-electron chi connectivity index (χ3n) is 3.29. The molecule has 21 heavy (non-hydrogen) atoms. The number of rotatable bonds is 2. The normalized spacial score (nSPS) is 17.1. The van der Waals surface area contributed by atoms with E-state index in [1.54, 1.807) is 6.92 Å². The molecule has 1 aromatic heterocycles. The lowest BCUT2D eigenvalue weighted by Gasteiger charge is -2.29. The van der Waals surface area contributed by atoms with Crippen LogP contribution in [0.3, 0.4) is 0 Å². The third-order valence-corrected chi connectivity index (χ3v) is 3.29. The lowest BCUT2D eigenvalue weighted by Crippen LogP contribution is -2.35. The van der Waals surface area contributed by atoms with Gasteiger partial charge in [0.25, 0.3) is 0 Å². The molecule has 1 aliphatic rings. The fraction of sp³-hybridized carbons (Fsp3) is 0.667. The minimum absolute atomic E-state index is 0.0634. The molecule has 0 aliphatic carbocycles. The van der Waals surface area contributed by atoms with Crippen LogP contribution in [0.1, 0.15) is 38.1 Å².